The Kier molecular flexibility index (Phi) is 3.84. The average Bonchev–Trinajstić information content (AvgIpc) is 2.33. The lowest BCUT2D eigenvalue weighted by Crippen LogP contribution is -2.43. The molecular weight excluding hydrogens is 214 g/mol. The zero-order valence-electron chi connectivity index (χ0n) is 10.8. The van der Waals surface area contributed by atoms with Crippen LogP contribution in [0.3, 0.4) is 0 Å². The summed E-state index contributed by atoms with van der Waals surface area (Å²) in [5, 5.41) is 3.58. The van der Waals surface area contributed by atoms with Crippen LogP contribution in [0.25, 0.3) is 0 Å². The number of piperidine rings is 1. The van der Waals surface area contributed by atoms with E-state index >= 15 is 0 Å². The van der Waals surface area contributed by atoms with Crippen molar-refractivity contribution in [2.75, 3.05) is 32.6 Å². The minimum atomic E-state index is 0.540. The molecule has 0 radical (unpaired) electrons. The van der Waals surface area contributed by atoms with E-state index < -0.39 is 0 Å². The summed E-state index contributed by atoms with van der Waals surface area (Å²) in [4.78, 5) is 6.50. The van der Waals surface area contributed by atoms with Crippen LogP contribution in [0.4, 0.5) is 5.69 Å². The van der Waals surface area contributed by atoms with Crippen LogP contribution in [0.5, 0.6) is 5.88 Å². The van der Waals surface area contributed by atoms with Gasteiger partial charge in [-0.2, -0.15) is 0 Å². The number of aromatic nitrogens is 1. The van der Waals surface area contributed by atoms with Crippen molar-refractivity contribution < 1.29 is 4.74 Å². The molecule has 1 saturated heterocycles. The van der Waals surface area contributed by atoms with Crippen molar-refractivity contribution >= 4 is 5.69 Å². The van der Waals surface area contributed by atoms with Crippen molar-refractivity contribution in [1.82, 2.24) is 9.88 Å². The van der Waals surface area contributed by atoms with E-state index in [0.717, 1.165) is 18.8 Å². The highest BCUT2D eigenvalue weighted by molar-refractivity contribution is 5.46. The Balaban J connectivity index is 2.00. The van der Waals surface area contributed by atoms with Gasteiger partial charge in [0.1, 0.15) is 0 Å². The van der Waals surface area contributed by atoms with Gasteiger partial charge in [0.25, 0.3) is 0 Å². The van der Waals surface area contributed by atoms with Gasteiger partial charge in [-0.25, -0.2) is 4.98 Å². The molecule has 4 heteroatoms. The molecule has 17 heavy (non-hydrogen) atoms. The highest BCUT2D eigenvalue weighted by Gasteiger charge is 2.23. The van der Waals surface area contributed by atoms with Gasteiger partial charge in [0.15, 0.2) is 0 Å². The minimum Gasteiger partial charge on any atom is -0.481 e. The maximum atomic E-state index is 5.13. The van der Waals surface area contributed by atoms with Gasteiger partial charge < -0.3 is 15.0 Å². The van der Waals surface area contributed by atoms with Gasteiger partial charge in [-0.3, -0.25) is 0 Å². The van der Waals surface area contributed by atoms with E-state index in [2.05, 4.69) is 29.2 Å². The number of ether oxygens (including phenoxy) is 1. The number of nitrogens with zero attached hydrogens (tertiary/aromatic N) is 2. The molecule has 1 aliphatic heterocycles. The molecule has 0 aliphatic carbocycles. The van der Waals surface area contributed by atoms with E-state index in [1.165, 1.54) is 6.42 Å². The summed E-state index contributed by atoms with van der Waals surface area (Å²) in [5.74, 6) is 1.32. The summed E-state index contributed by atoms with van der Waals surface area (Å²) < 4.78 is 5.13. The third kappa shape index (κ3) is 3.09. The van der Waals surface area contributed by atoms with Crippen LogP contribution in [-0.2, 0) is 0 Å². The van der Waals surface area contributed by atoms with Crippen molar-refractivity contribution in [3.05, 3.63) is 18.3 Å². The molecule has 2 unspecified atom stereocenters. The van der Waals surface area contributed by atoms with Crippen molar-refractivity contribution in [2.24, 2.45) is 5.92 Å². The lowest BCUT2D eigenvalue weighted by molar-refractivity contribution is 0.206. The fourth-order valence-corrected chi connectivity index (χ4v) is 2.39. The molecule has 4 nitrogen and oxygen atoms in total. The Morgan fingerprint density at radius 3 is 3.06 bits per heavy atom. The quantitative estimate of drug-likeness (QED) is 0.867. The molecule has 1 aromatic rings. The number of nitrogens with one attached hydrogen (secondary N) is 1. The van der Waals surface area contributed by atoms with Crippen LogP contribution < -0.4 is 10.1 Å². The van der Waals surface area contributed by atoms with Crippen LogP contribution in [0.1, 0.15) is 13.3 Å². The van der Waals surface area contributed by atoms with Gasteiger partial charge in [-0.15, -0.1) is 0 Å². The second-order valence-electron chi connectivity index (χ2n) is 4.87. The number of anilines is 1. The third-order valence-corrected chi connectivity index (χ3v) is 3.40. The molecule has 2 atom stereocenters. The normalized spacial score (nSPS) is 25.6. The zero-order valence-corrected chi connectivity index (χ0v) is 10.8. The van der Waals surface area contributed by atoms with Crippen LogP contribution in [0.2, 0.25) is 0 Å². The Hall–Kier alpha value is -1.29. The topological polar surface area (TPSA) is 37.4 Å². The number of pyridine rings is 1. The monoisotopic (exact) mass is 235 g/mol. The molecule has 1 aromatic heterocycles. The highest BCUT2D eigenvalue weighted by atomic mass is 16.5. The van der Waals surface area contributed by atoms with Gasteiger partial charge >= 0.3 is 0 Å². The SMILES string of the molecule is COc1cc(NC2CCN(C)CC2C)ccn1. The molecule has 94 valence electrons. The first-order valence-electron chi connectivity index (χ1n) is 6.14. The maximum Gasteiger partial charge on any atom is 0.214 e. The standard InChI is InChI=1S/C13H21N3O/c1-10-9-16(2)7-5-12(10)15-11-4-6-14-13(8-11)17-3/h4,6,8,10,12H,5,7,9H2,1-3H3,(H,14,15). The fraction of sp³-hybridized carbons (Fsp3) is 0.615. The van der Waals surface area contributed by atoms with E-state index in [1.54, 1.807) is 13.3 Å². The Bertz CT molecular complexity index is 369. The Morgan fingerprint density at radius 2 is 2.35 bits per heavy atom. The lowest BCUT2D eigenvalue weighted by atomic mass is 9.94. The molecule has 0 aromatic carbocycles. The Labute approximate surface area is 103 Å². The first-order chi connectivity index (χ1) is 8.19. The number of hydrogen-bond acceptors (Lipinski definition) is 4. The fourth-order valence-electron chi connectivity index (χ4n) is 2.39. The van der Waals surface area contributed by atoms with E-state index in [0.29, 0.717) is 17.8 Å². The van der Waals surface area contributed by atoms with E-state index in [1.807, 2.05) is 12.1 Å². The number of likely N-dealkylation sites (tertiary alicyclic amines) is 1. The summed E-state index contributed by atoms with van der Waals surface area (Å²) in [6.07, 6.45) is 2.96. The molecular formula is C13H21N3O. The number of rotatable bonds is 3. The van der Waals surface area contributed by atoms with E-state index in [4.69, 9.17) is 4.74 Å². The molecule has 0 saturated carbocycles. The van der Waals surface area contributed by atoms with Crippen molar-refractivity contribution in [2.45, 2.75) is 19.4 Å². The van der Waals surface area contributed by atoms with Crippen LogP contribution >= 0.6 is 0 Å². The molecule has 0 spiro atoms. The predicted molar refractivity (Wildman–Crippen MR) is 69.5 cm³/mol. The second kappa shape index (κ2) is 5.36. The zero-order chi connectivity index (χ0) is 12.3. The Morgan fingerprint density at radius 1 is 1.53 bits per heavy atom. The van der Waals surface area contributed by atoms with Gasteiger partial charge in [0.05, 0.1) is 7.11 Å². The molecule has 0 bridgehead atoms. The van der Waals surface area contributed by atoms with Gasteiger partial charge in [0.2, 0.25) is 5.88 Å². The first kappa shape index (κ1) is 12.2. The van der Waals surface area contributed by atoms with E-state index in [9.17, 15) is 0 Å². The first-order valence-corrected chi connectivity index (χ1v) is 6.14. The average molecular weight is 235 g/mol. The number of methoxy groups -OCH3 is 1. The highest BCUT2D eigenvalue weighted by Crippen LogP contribution is 2.21. The summed E-state index contributed by atoms with van der Waals surface area (Å²) in [6, 6.07) is 4.48. The molecule has 1 N–H and O–H groups in total. The van der Waals surface area contributed by atoms with Crippen LogP contribution in [-0.4, -0.2) is 43.2 Å². The van der Waals surface area contributed by atoms with Crippen LogP contribution in [0.15, 0.2) is 18.3 Å². The van der Waals surface area contributed by atoms with Crippen LogP contribution in [0, 0.1) is 5.92 Å². The molecule has 1 fully saturated rings. The van der Waals surface area contributed by atoms with Gasteiger partial charge in [0, 0.05) is 30.5 Å². The molecule has 1 aliphatic rings. The molecule has 0 amide bonds. The molecule has 2 heterocycles. The lowest BCUT2D eigenvalue weighted by Gasteiger charge is -2.35. The van der Waals surface area contributed by atoms with Crippen molar-refractivity contribution in [3.8, 4) is 5.88 Å². The summed E-state index contributed by atoms with van der Waals surface area (Å²) in [5.41, 5.74) is 1.10. The predicted octanol–water partition coefficient (Wildman–Crippen LogP) is 1.84. The maximum absolute atomic E-state index is 5.13. The van der Waals surface area contributed by atoms with Crippen molar-refractivity contribution in [3.63, 3.8) is 0 Å². The molecule has 2 rings (SSSR count). The van der Waals surface area contributed by atoms with Gasteiger partial charge in [-0.1, -0.05) is 6.92 Å². The second-order valence-corrected chi connectivity index (χ2v) is 4.87. The largest absolute Gasteiger partial charge is 0.481 e. The third-order valence-electron chi connectivity index (χ3n) is 3.40. The summed E-state index contributed by atoms with van der Waals surface area (Å²) in [7, 11) is 3.83. The summed E-state index contributed by atoms with van der Waals surface area (Å²) in [6.45, 7) is 4.61. The van der Waals surface area contributed by atoms with Gasteiger partial charge in [-0.05, 0) is 32.0 Å². The smallest absolute Gasteiger partial charge is 0.214 e. The van der Waals surface area contributed by atoms with E-state index in [-0.39, 0.29) is 0 Å². The minimum absolute atomic E-state index is 0.540. The summed E-state index contributed by atoms with van der Waals surface area (Å²) >= 11 is 0. The number of hydrogen-bond donors (Lipinski definition) is 1. The van der Waals surface area contributed by atoms with Crippen molar-refractivity contribution in [1.29, 1.82) is 0 Å².